The van der Waals surface area contributed by atoms with Crippen molar-refractivity contribution in [1.82, 2.24) is 19.7 Å². The van der Waals surface area contributed by atoms with Crippen LogP contribution < -0.4 is 0 Å². The lowest BCUT2D eigenvalue weighted by molar-refractivity contribution is 0.611. The molecule has 0 bridgehead atoms. The molecule has 0 saturated heterocycles. The van der Waals surface area contributed by atoms with Gasteiger partial charge in [0.2, 0.25) is 0 Å². The molecule has 6 nitrogen and oxygen atoms in total. The molecule has 0 atom stereocenters. The minimum absolute atomic E-state index is 0.0933. The maximum Gasteiger partial charge on any atom is 0.163 e. The highest BCUT2D eigenvalue weighted by molar-refractivity contribution is 7.71. The van der Waals surface area contributed by atoms with Crippen molar-refractivity contribution in [2.75, 3.05) is 0 Å². The Hall–Kier alpha value is -1.76. The highest BCUT2D eigenvalue weighted by atomic mass is 32.2. The zero-order valence-electron chi connectivity index (χ0n) is 8.57. The van der Waals surface area contributed by atoms with E-state index in [1.54, 1.807) is 36.1 Å². The van der Waals surface area contributed by atoms with Crippen LogP contribution in [0.1, 0.15) is 5.82 Å². The Bertz CT molecular complexity index is 554. The predicted octanol–water partition coefficient (Wildman–Crippen LogP) is -0.0115. The Labute approximate surface area is 93.9 Å². The molecule has 2 heterocycles. The van der Waals surface area contributed by atoms with Crippen LogP contribution in [0.3, 0.4) is 0 Å². The number of nitrogens with zero attached hydrogens (tertiary/aromatic N) is 4. The summed E-state index contributed by atoms with van der Waals surface area (Å²) >= 11 is 0. The number of thiol groups is 1. The van der Waals surface area contributed by atoms with E-state index >= 15 is 0 Å². The molecule has 2 aromatic rings. The summed E-state index contributed by atoms with van der Waals surface area (Å²) in [4.78, 5) is 3.90. The van der Waals surface area contributed by atoms with E-state index in [-0.39, 0.29) is 5.75 Å². The van der Waals surface area contributed by atoms with Gasteiger partial charge in [0.05, 0.1) is 0 Å². The lowest BCUT2D eigenvalue weighted by Crippen LogP contribution is -2.00. The first-order valence-electron chi connectivity index (χ1n) is 4.59. The Morgan fingerprint density at radius 3 is 2.56 bits per heavy atom. The van der Waals surface area contributed by atoms with Crippen molar-refractivity contribution in [1.29, 1.82) is 0 Å². The zero-order valence-corrected chi connectivity index (χ0v) is 9.46. The lowest BCUT2D eigenvalue weighted by atomic mass is 10.2. The van der Waals surface area contributed by atoms with Crippen molar-refractivity contribution < 1.29 is 8.42 Å². The fourth-order valence-corrected chi connectivity index (χ4v) is 1.87. The van der Waals surface area contributed by atoms with E-state index in [1.165, 1.54) is 0 Å². The molecule has 0 radical (unpaired) electrons. The second-order valence-corrected chi connectivity index (χ2v) is 4.21. The maximum absolute atomic E-state index is 10.6. The average molecular weight is 238 g/mol. The number of hydrogen-bond donors (Lipinski definition) is 1. The molecule has 0 saturated carbocycles. The molecule has 0 amide bonds. The summed E-state index contributed by atoms with van der Waals surface area (Å²) in [5.41, 5.74) is 0.859. The molecule has 0 aliphatic heterocycles. The van der Waals surface area contributed by atoms with E-state index in [9.17, 15) is 8.42 Å². The van der Waals surface area contributed by atoms with E-state index in [2.05, 4.69) is 15.2 Å². The molecule has 0 spiro atoms. The average Bonchev–Trinajstić information content (AvgIpc) is 2.61. The van der Waals surface area contributed by atoms with Crippen LogP contribution in [-0.4, -0.2) is 28.2 Å². The molecular weight excluding hydrogens is 228 g/mol. The first-order chi connectivity index (χ1) is 7.68. The van der Waals surface area contributed by atoms with Crippen molar-refractivity contribution >= 4 is 10.7 Å². The van der Waals surface area contributed by atoms with Crippen molar-refractivity contribution in [3.8, 4) is 11.4 Å². The SMILES string of the molecule is Cn1c(C[SH](=O)=O)nnc1-c1ccncc1. The van der Waals surface area contributed by atoms with Gasteiger partial charge in [-0.1, -0.05) is 0 Å². The van der Waals surface area contributed by atoms with Gasteiger partial charge in [-0.25, -0.2) is 8.42 Å². The second-order valence-electron chi connectivity index (χ2n) is 3.23. The topological polar surface area (TPSA) is 77.7 Å². The summed E-state index contributed by atoms with van der Waals surface area (Å²) in [6.07, 6.45) is 3.30. The maximum atomic E-state index is 10.6. The van der Waals surface area contributed by atoms with Gasteiger partial charge < -0.3 is 4.57 Å². The van der Waals surface area contributed by atoms with Crippen LogP contribution >= 0.6 is 0 Å². The molecule has 0 unspecified atom stereocenters. The second kappa shape index (κ2) is 4.40. The molecule has 0 fully saturated rings. The molecule has 0 aliphatic carbocycles. The molecule has 16 heavy (non-hydrogen) atoms. The van der Waals surface area contributed by atoms with Gasteiger partial charge in [-0.3, -0.25) is 4.98 Å². The van der Waals surface area contributed by atoms with Crippen LogP contribution in [0.25, 0.3) is 11.4 Å². The van der Waals surface area contributed by atoms with Gasteiger partial charge >= 0.3 is 0 Å². The molecule has 0 aromatic carbocycles. The zero-order chi connectivity index (χ0) is 11.5. The van der Waals surface area contributed by atoms with E-state index in [0.717, 1.165) is 5.56 Å². The predicted molar refractivity (Wildman–Crippen MR) is 58.3 cm³/mol. The highest BCUT2D eigenvalue weighted by Crippen LogP contribution is 2.15. The third kappa shape index (κ3) is 2.08. The van der Waals surface area contributed by atoms with E-state index in [0.29, 0.717) is 11.6 Å². The van der Waals surface area contributed by atoms with Gasteiger partial charge in [0.1, 0.15) is 22.3 Å². The van der Waals surface area contributed by atoms with E-state index in [4.69, 9.17) is 0 Å². The van der Waals surface area contributed by atoms with Gasteiger partial charge in [-0.05, 0) is 12.1 Å². The van der Waals surface area contributed by atoms with Crippen LogP contribution in [0.2, 0.25) is 0 Å². The summed E-state index contributed by atoms with van der Waals surface area (Å²) in [6, 6.07) is 3.59. The van der Waals surface area contributed by atoms with Crippen LogP contribution in [0.4, 0.5) is 0 Å². The highest BCUT2D eigenvalue weighted by Gasteiger charge is 2.10. The van der Waals surface area contributed by atoms with Crippen LogP contribution in [0.15, 0.2) is 24.5 Å². The molecule has 0 N–H and O–H groups in total. The fourth-order valence-electron chi connectivity index (χ4n) is 1.37. The Morgan fingerprint density at radius 2 is 1.94 bits per heavy atom. The normalized spacial score (nSPS) is 10.9. The van der Waals surface area contributed by atoms with Gasteiger partial charge in [0.25, 0.3) is 0 Å². The molecular formula is C9H10N4O2S. The Kier molecular flexibility index (Phi) is 2.95. The molecule has 84 valence electrons. The van der Waals surface area contributed by atoms with Crippen LogP contribution in [-0.2, 0) is 23.5 Å². The van der Waals surface area contributed by atoms with Crippen molar-refractivity contribution in [3.63, 3.8) is 0 Å². The first kappa shape index (κ1) is 10.7. The van der Waals surface area contributed by atoms with Gasteiger partial charge in [-0.15, -0.1) is 10.2 Å². The van der Waals surface area contributed by atoms with Gasteiger partial charge in [0.15, 0.2) is 5.82 Å². The number of rotatable bonds is 3. The third-order valence-electron chi connectivity index (χ3n) is 2.17. The number of pyridine rings is 1. The number of hydrogen-bond acceptors (Lipinski definition) is 5. The smallest absolute Gasteiger partial charge is 0.163 e. The van der Waals surface area contributed by atoms with Crippen LogP contribution in [0.5, 0.6) is 0 Å². The summed E-state index contributed by atoms with van der Waals surface area (Å²) < 4.78 is 22.9. The quantitative estimate of drug-likeness (QED) is 0.761. The summed E-state index contributed by atoms with van der Waals surface area (Å²) in [5, 5.41) is 7.80. The first-order valence-corrected chi connectivity index (χ1v) is 5.95. The van der Waals surface area contributed by atoms with Crippen molar-refractivity contribution in [3.05, 3.63) is 30.4 Å². The summed E-state index contributed by atoms with van der Waals surface area (Å²) in [5.74, 6) is 0.973. The summed E-state index contributed by atoms with van der Waals surface area (Å²) in [7, 11) is -0.744. The van der Waals surface area contributed by atoms with Crippen molar-refractivity contribution in [2.45, 2.75) is 5.75 Å². The van der Waals surface area contributed by atoms with E-state index in [1.807, 2.05) is 0 Å². The largest absolute Gasteiger partial charge is 0.313 e. The van der Waals surface area contributed by atoms with Gasteiger partial charge in [0, 0.05) is 25.0 Å². The van der Waals surface area contributed by atoms with Gasteiger partial charge in [-0.2, -0.15) is 0 Å². The van der Waals surface area contributed by atoms with Crippen molar-refractivity contribution in [2.24, 2.45) is 7.05 Å². The van der Waals surface area contributed by atoms with Crippen LogP contribution in [0, 0.1) is 0 Å². The minimum atomic E-state index is -2.48. The molecule has 0 aliphatic rings. The van der Waals surface area contributed by atoms with E-state index < -0.39 is 10.7 Å². The molecule has 7 heteroatoms. The number of aromatic nitrogens is 4. The third-order valence-corrected chi connectivity index (χ3v) is 2.72. The lowest BCUT2D eigenvalue weighted by Gasteiger charge is -2.01. The minimum Gasteiger partial charge on any atom is -0.313 e. The standard InChI is InChI=1S/C9H10N4O2S/c1-13-8(6-16(14)15)11-12-9(13)7-2-4-10-5-3-7/h2-5,16H,6H2,1H3. The Balaban J connectivity index is 2.41. The monoisotopic (exact) mass is 238 g/mol. The molecule has 2 aromatic heterocycles. The summed E-state index contributed by atoms with van der Waals surface area (Å²) in [6.45, 7) is 0. The Morgan fingerprint density at radius 1 is 1.25 bits per heavy atom. The molecule has 2 rings (SSSR count). The fraction of sp³-hybridized carbons (Fsp3) is 0.222.